The number of carbonyl (C=O) groups excluding carboxylic acids is 2. The molecule has 3 fully saturated rings. The van der Waals surface area contributed by atoms with Gasteiger partial charge in [0.25, 0.3) is 0 Å². The average Bonchev–Trinajstić information content (AvgIpc) is 2.76. The number of piperidine rings is 2. The standard InChI is InChI=1S/C23H31NO5/c25-21(10-11-22-27-12-5-13-28-22)18-14-19-8-4-9-20(15-18)24(19)23(26)29-16-17-6-2-1-3-7-17/h1-3,6-7,18-20,22H,4-5,8-16H2. The van der Waals surface area contributed by atoms with Gasteiger partial charge in [-0.25, -0.2) is 4.79 Å². The van der Waals surface area contributed by atoms with Crippen molar-refractivity contribution in [1.82, 2.24) is 4.90 Å². The van der Waals surface area contributed by atoms with Crippen LogP contribution in [0.4, 0.5) is 4.79 Å². The lowest BCUT2D eigenvalue weighted by atomic mass is 9.76. The molecular weight excluding hydrogens is 370 g/mol. The molecular formula is C23H31NO5. The molecule has 1 amide bonds. The fraction of sp³-hybridized carbons (Fsp3) is 0.652. The average molecular weight is 402 g/mol. The van der Waals surface area contributed by atoms with E-state index < -0.39 is 0 Å². The molecule has 4 rings (SSSR count). The molecule has 0 saturated carbocycles. The van der Waals surface area contributed by atoms with Crippen molar-refractivity contribution in [3.8, 4) is 0 Å². The highest BCUT2D eigenvalue weighted by Gasteiger charge is 2.43. The smallest absolute Gasteiger partial charge is 0.410 e. The fourth-order valence-corrected chi connectivity index (χ4v) is 4.90. The van der Waals surface area contributed by atoms with Gasteiger partial charge in [0.15, 0.2) is 6.29 Å². The van der Waals surface area contributed by atoms with Gasteiger partial charge in [-0.15, -0.1) is 0 Å². The number of nitrogens with zero attached hydrogens (tertiary/aromatic N) is 1. The number of amides is 1. The van der Waals surface area contributed by atoms with Gasteiger partial charge in [-0.3, -0.25) is 4.79 Å². The summed E-state index contributed by atoms with van der Waals surface area (Å²) in [6.07, 6.45) is 6.10. The van der Waals surface area contributed by atoms with Crippen molar-refractivity contribution in [3.05, 3.63) is 35.9 Å². The van der Waals surface area contributed by atoms with E-state index in [1.54, 1.807) is 0 Å². The maximum Gasteiger partial charge on any atom is 0.410 e. The lowest BCUT2D eigenvalue weighted by Gasteiger charge is -2.47. The van der Waals surface area contributed by atoms with Crippen molar-refractivity contribution < 1.29 is 23.8 Å². The number of hydrogen-bond acceptors (Lipinski definition) is 5. The van der Waals surface area contributed by atoms with Gasteiger partial charge < -0.3 is 19.1 Å². The van der Waals surface area contributed by atoms with Crippen LogP contribution in [-0.2, 0) is 25.6 Å². The van der Waals surface area contributed by atoms with Crippen LogP contribution in [0, 0.1) is 5.92 Å². The van der Waals surface area contributed by atoms with Crippen LogP contribution in [0.15, 0.2) is 30.3 Å². The van der Waals surface area contributed by atoms with Gasteiger partial charge >= 0.3 is 6.09 Å². The van der Waals surface area contributed by atoms with Gasteiger partial charge in [-0.2, -0.15) is 0 Å². The van der Waals surface area contributed by atoms with Crippen LogP contribution in [0.1, 0.15) is 56.9 Å². The van der Waals surface area contributed by atoms with Gasteiger partial charge in [0.2, 0.25) is 0 Å². The van der Waals surface area contributed by atoms with Crippen LogP contribution in [-0.4, -0.2) is 48.4 Å². The van der Waals surface area contributed by atoms with E-state index in [-0.39, 0.29) is 36.2 Å². The predicted molar refractivity (Wildman–Crippen MR) is 107 cm³/mol. The maximum atomic E-state index is 12.8. The minimum absolute atomic E-state index is 0.0343. The minimum Gasteiger partial charge on any atom is -0.445 e. The molecule has 3 aliphatic heterocycles. The largest absolute Gasteiger partial charge is 0.445 e. The third-order valence-corrected chi connectivity index (χ3v) is 6.37. The van der Waals surface area contributed by atoms with Crippen LogP contribution in [0.2, 0.25) is 0 Å². The highest BCUT2D eigenvalue weighted by molar-refractivity contribution is 5.81. The number of rotatable bonds is 6. The highest BCUT2D eigenvalue weighted by Crippen LogP contribution is 2.38. The number of Topliss-reactive ketones (excluding diaryl/α,β-unsaturated/α-hetero) is 1. The molecule has 29 heavy (non-hydrogen) atoms. The Hall–Kier alpha value is -1.92. The Balaban J connectivity index is 1.29. The van der Waals surface area contributed by atoms with Crippen molar-refractivity contribution in [3.63, 3.8) is 0 Å². The molecule has 3 saturated heterocycles. The van der Waals surface area contributed by atoms with Gasteiger partial charge in [-0.05, 0) is 44.1 Å². The zero-order valence-electron chi connectivity index (χ0n) is 17.0. The summed E-state index contributed by atoms with van der Waals surface area (Å²) >= 11 is 0. The number of benzene rings is 1. The summed E-state index contributed by atoms with van der Waals surface area (Å²) in [6, 6.07) is 9.97. The normalized spacial score (nSPS) is 27.4. The van der Waals surface area contributed by atoms with Crippen LogP contribution < -0.4 is 0 Å². The molecule has 0 radical (unpaired) electrons. The molecule has 3 aliphatic rings. The number of hydrogen-bond donors (Lipinski definition) is 0. The number of ketones is 1. The molecule has 2 unspecified atom stereocenters. The summed E-state index contributed by atoms with van der Waals surface area (Å²) in [4.78, 5) is 27.5. The summed E-state index contributed by atoms with van der Waals surface area (Å²) in [5, 5.41) is 0. The molecule has 6 nitrogen and oxygen atoms in total. The Bertz CT molecular complexity index is 674. The lowest BCUT2D eigenvalue weighted by Crippen LogP contribution is -2.55. The van der Waals surface area contributed by atoms with Crippen molar-refractivity contribution in [2.75, 3.05) is 13.2 Å². The van der Waals surface area contributed by atoms with Crippen molar-refractivity contribution >= 4 is 11.9 Å². The molecule has 0 N–H and O–H groups in total. The zero-order valence-corrected chi connectivity index (χ0v) is 17.0. The Morgan fingerprint density at radius 1 is 1.00 bits per heavy atom. The van der Waals surface area contributed by atoms with E-state index in [1.807, 2.05) is 35.2 Å². The summed E-state index contributed by atoms with van der Waals surface area (Å²) in [5.74, 6) is 0.323. The van der Waals surface area contributed by atoms with Crippen molar-refractivity contribution in [1.29, 1.82) is 0 Å². The number of carbonyl (C=O) groups is 2. The molecule has 0 aromatic heterocycles. The lowest BCUT2D eigenvalue weighted by molar-refractivity contribution is -0.182. The maximum absolute atomic E-state index is 12.8. The molecule has 1 aromatic carbocycles. The van der Waals surface area contributed by atoms with Crippen molar-refractivity contribution in [2.45, 2.75) is 76.3 Å². The van der Waals surface area contributed by atoms with E-state index >= 15 is 0 Å². The summed E-state index contributed by atoms with van der Waals surface area (Å²) in [6.45, 7) is 1.72. The van der Waals surface area contributed by atoms with Crippen molar-refractivity contribution in [2.24, 2.45) is 5.92 Å². The molecule has 158 valence electrons. The first kappa shape index (κ1) is 20.4. The summed E-state index contributed by atoms with van der Waals surface area (Å²) in [7, 11) is 0. The van der Waals surface area contributed by atoms with Gasteiger partial charge in [0.1, 0.15) is 12.4 Å². The van der Waals surface area contributed by atoms with Crippen LogP contribution in [0.5, 0.6) is 0 Å². The van der Waals surface area contributed by atoms with E-state index in [9.17, 15) is 9.59 Å². The molecule has 1 aromatic rings. The number of ether oxygens (including phenoxy) is 3. The van der Waals surface area contributed by atoms with Crippen LogP contribution in [0.3, 0.4) is 0 Å². The molecule has 0 spiro atoms. The van der Waals surface area contributed by atoms with Gasteiger partial charge in [-0.1, -0.05) is 30.3 Å². The van der Waals surface area contributed by atoms with Gasteiger partial charge in [0.05, 0.1) is 13.2 Å². The molecule has 2 bridgehead atoms. The molecule has 6 heteroatoms. The first-order valence-corrected chi connectivity index (χ1v) is 11.0. The van der Waals surface area contributed by atoms with E-state index in [0.29, 0.717) is 32.7 Å². The first-order chi connectivity index (χ1) is 14.2. The SMILES string of the molecule is O=C(CCC1OCCCO1)C1CC2CCCC(C1)N2C(=O)OCc1ccccc1. The fourth-order valence-electron chi connectivity index (χ4n) is 4.90. The van der Waals surface area contributed by atoms with E-state index in [1.165, 1.54) is 0 Å². The molecule has 0 aliphatic carbocycles. The quantitative estimate of drug-likeness (QED) is 0.719. The first-order valence-electron chi connectivity index (χ1n) is 11.0. The van der Waals surface area contributed by atoms with E-state index in [0.717, 1.165) is 44.1 Å². The van der Waals surface area contributed by atoms with Gasteiger partial charge in [0, 0.05) is 30.8 Å². The van der Waals surface area contributed by atoms with E-state index in [4.69, 9.17) is 14.2 Å². The monoisotopic (exact) mass is 401 g/mol. The third kappa shape index (κ3) is 5.17. The molecule has 2 atom stereocenters. The Morgan fingerprint density at radius 3 is 2.38 bits per heavy atom. The van der Waals surface area contributed by atoms with E-state index in [2.05, 4.69) is 0 Å². The predicted octanol–water partition coefficient (Wildman–Crippen LogP) is 4.07. The third-order valence-electron chi connectivity index (χ3n) is 6.37. The minimum atomic E-state index is -0.238. The Kier molecular flexibility index (Phi) is 6.82. The topological polar surface area (TPSA) is 65.1 Å². The zero-order chi connectivity index (χ0) is 20.1. The highest BCUT2D eigenvalue weighted by atomic mass is 16.7. The second kappa shape index (κ2) is 9.72. The molecule has 3 heterocycles. The summed E-state index contributed by atoms with van der Waals surface area (Å²) in [5.41, 5.74) is 0.989. The Labute approximate surface area is 172 Å². The Morgan fingerprint density at radius 2 is 1.69 bits per heavy atom. The second-order valence-corrected chi connectivity index (χ2v) is 8.38. The van der Waals surface area contributed by atoms with Crippen LogP contribution >= 0.6 is 0 Å². The summed E-state index contributed by atoms with van der Waals surface area (Å²) < 4.78 is 16.7. The second-order valence-electron chi connectivity index (χ2n) is 8.38. The number of fused-ring (bicyclic) bond motifs is 2. The van der Waals surface area contributed by atoms with Crippen LogP contribution in [0.25, 0.3) is 0 Å².